The van der Waals surface area contributed by atoms with E-state index in [4.69, 9.17) is 9.47 Å². The van der Waals surface area contributed by atoms with Gasteiger partial charge in [0.2, 0.25) is 5.91 Å². The Balaban J connectivity index is 1.40. The maximum atomic E-state index is 13.5. The normalized spacial score (nSPS) is 16.8. The third kappa shape index (κ3) is 3.97. The summed E-state index contributed by atoms with van der Waals surface area (Å²) in [5, 5.41) is 1.99. The molecule has 0 spiro atoms. The van der Waals surface area contributed by atoms with Crippen LogP contribution in [0.4, 0.5) is 0 Å². The number of ether oxygens (including phenoxy) is 2. The summed E-state index contributed by atoms with van der Waals surface area (Å²) >= 11 is 1.59. The minimum Gasteiger partial charge on any atom is -0.493 e. The highest BCUT2D eigenvalue weighted by molar-refractivity contribution is 7.10. The van der Waals surface area contributed by atoms with Gasteiger partial charge in [-0.1, -0.05) is 17.7 Å². The largest absolute Gasteiger partial charge is 0.493 e. The Kier molecular flexibility index (Phi) is 6.06. The van der Waals surface area contributed by atoms with Gasteiger partial charge in [0.05, 0.1) is 31.4 Å². The molecule has 0 N–H and O–H groups in total. The monoisotopic (exact) mass is 490 g/mol. The molecular weight excluding hydrogens is 464 g/mol. The van der Waals surface area contributed by atoms with E-state index in [-0.39, 0.29) is 36.7 Å². The molecule has 3 heterocycles. The van der Waals surface area contributed by atoms with Crippen molar-refractivity contribution in [3.05, 3.63) is 80.5 Å². The number of amides is 3. The maximum Gasteiger partial charge on any atom is 0.261 e. The van der Waals surface area contributed by atoms with E-state index in [1.807, 2.05) is 47.5 Å². The minimum absolute atomic E-state index is 0.0523. The molecule has 0 fully saturated rings. The van der Waals surface area contributed by atoms with Crippen molar-refractivity contribution in [2.75, 3.05) is 27.3 Å². The second-order valence-electron chi connectivity index (χ2n) is 8.72. The van der Waals surface area contributed by atoms with E-state index in [1.54, 1.807) is 37.7 Å². The molecule has 8 heteroatoms. The third-order valence-corrected chi connectivity index (χ3v) is 7.61. The molecule has 0 bridgehead atoms. The van der Waals surface area contributed by atoms with Gasteiger partial charge in [-0.05, 0) is 60.2 Å². The van der Waals surface area contributed by atoms with Crippen LogP contribution in [0.3, 0.4) is 0 Å². The van der Waals surface area contributed by atoms with E-state index in [2.05, 4.69) is 0 Å². The van der Waals surface area contributed by atoms with E-state index >= 15 is 0 Å². The molecule has 1 aromatic heterocycles. The number of rotatable bonds is 6. The lowest BCUT2D eigenvalue weighted by molar-refractivity contribution is -0.133. The molecule has 2 aliphatic heterocycles. The summed E-state index contributed by atoms with van der Waals surface area (Å²) in [7, 11) is 3.21. The molecule has 5 rings (SSSR count). The average molecular weight is 491 g/mol. The molecule has 3 aromatic rings. The SMILES string of the molecule is COc1cc2c(cc1OC)C(c1cccs1)N(C(=O)CCN1C(=O)c3ccc(C)cc3C1=O)CC2. The Labute approximate surface area is 207 Å². The van der Waals surface area contributed by atoms with E-state index in [0.717, 1.165) is 21.6 Å². The topological polar surface area (TPSA) is 76.2 Å². The van der Waals surface area contributed by atoms with Gasteiger partial charge in [-0.2, -0.15) is 0 Å². The molecule has 3 amide bonds. The summed E-state index contributed by atoms with van der Waals surface area (Å²) in [6.07, 6.45) is 0.741. The number of carbonyl (C=O) groups is 3. The quantitative estimate of drug-likeness (QED) is 0.484. The zero-order chi connectivity index (χ0) is 24.7. The van der Waals surface area contributed by atoms with Gasteiger partial charge in [0, 0.05) is 24.4 Å². The molecule has 7 nitrogen and oxygen atoms in total. The molecule has 2 aromatic carbocycles. The van der Waals surface area contributed by atoms with Gasteiger partial charge in [-0.3, -0.25) is 19.3 Å². The van der Waals surface area contributed by atoms with Crippen LogP contribution in [0.1, 0.15) is 54.7 Å². The summed E-state index contributed by atoms with van der Waals surface area (Å²) in [5.74, 6) is 0.502. The van der Waals surface area contributed by atoms with Crippen molar-refractivity contribution in [3.8, 4) is 11.5 Å². The van der Waals surface area contributed by atoms with Crippen LogP contribution >= 0.6 is 11.3 Å². The van der Waals surface area contributed by atoms with Crippen molar-refractivity contribution < 1.29 is 23.9 Å². The third-order valence-electron chi connectivity index (χ3n) is 6.68. The Bertz CT molecular complexity index is 1320. The minimum atomic E-state index is -0.339. The zero-order valence-electron chi connectivity index (χ0n) is 19.9. The number of imide groups is 1. The van der Waals surface area contributed by atoms with Crippen LogP contribution in [-0.4, -0.2) is 54.8 Å². The van der Waals surface area contributed by atoms with Crippen molar-refractivity contribution in [2.24, 2.45) is 0 Å². The molecule has 1 unspecified atom stereocenters. The van der Waals surface area contributed by atoms with E-state index in [0.29, 0.717) is 35.6 Å². The van der Waals surface area contributed by atoms with E-state index in [1.165, 1.54) is 4.90 Å². The molecule has 0 radical (unpaired) electrons. The summed E-state index contributed by atoms with van der Waals surface area (Å²) in [6, 6.07) is 12.9. The predicted molar refractivity (Wildman–Crippen MR) is 132 cm³/mol. The first-order valence-corrected chi connectivity index (χ1v) is 12.4. The number of carbonyl (C=O) groups excluding carboxylic acids is 3. The summed E-state index contributed by atoms with van der Waals surface area (Å²) in [5.41, 5.74) is 3.84. The molecule has 2 aliphatic rings. The fraction of sp³-hybridized carbons (Fsp3) is 0.296. The first-order valence-electron chi connectivity index (χ1n) is 11.5. The van der Waals surface area contributed by atoms with Crippen molar-refractivity contribution in [1.82, 2.24) is 9.80 Å². The van der Waals surface area contributed by atoms with Gasteiger partial charge in [0.25, 0.3) is 11.8 Å². The molecule has 35 heavy (non-hydrogen) atoms. The molecule has 0 aliphatic carbocycles. The lowest BCUT2D eigenvalue weighted by Gasteiger charge is -2.37. The Morgan fingerprint density at radius 1 is 1.03 bits per heavy atom. The number of benzene rings is 2. The second kappa shape index (κ2) is 9.19. The van der Waals surface area contributed by atoms with Crippen LogP contribution in [0.15, 0.2) is 47.8 Å². The van der Waals surface area contributed by atoms with Gasteiger partial charge in [0.1, 0.15) is 0 Å². The van der Waals surface area contributed by atoms with Gasteiger partial charge in [-0.25, -0.2) is 0 Å². The Morgan fingerprint density at radius 2 is 1.77 bits per heavy atom. The fourth-order valence-electron chi connectivity index (χ4n) is 4.93. The number of hydrogen-bond acceptors (Lipinski definition) is 6. The van der Waals surface area contributed by atoms with Crippen molar-refractivity contribution in [1.29, 1.82) is 0 Å². The highest BCUT2D eigenvalue weighted by Crippen LogP contribution is 2.42. The summed E-state index contributed by atoms with van der Waals surface area (Å²) in [6.45, 7) is 2.47. The summed E-state index contributed by atoms with van der Waals surface area (Å²) in [4.78, 5) is 43.3. The number of aryl methyl sites for hydroxylation is 1. The lowest BCUT2D eigenvalue weighted by Crippen LogP contribution is -2.42. The van der Waals surface area contributed by atoms with Crippen molar-refractivity contribution in [2.45, 2.75) is 25.8 Å². The predicted octanol–water partition coefficient (Wildman–Crippen LogP) is 4.23. The molecule has 0 saturated heterocycles. The van der Waals surface area contributed by atoms with Crippen LogP contribution in [0.2, 0.25) is 0 Å². The van der Waals surface area contributed by atoms with Crippen LogP contribution < -0.4 is 9.47 Å². The summed E-state index contributed by atoms with van der Waals surface area (Å²) < 4.78 is 11.0. The maximum absolute atomic E-state index is 13.5. The first kappa shape index (κ1) is 23.1. The Morgan fingerprint density at radius 3 is 2.49 bits per heavy atom. The van der Waals surface area contributed by atoms with Crippen molar-refractivity contribution >= 4 is 29.1 Å². The van der Waals surface area contributed by atoms with Crippen LogP contribution in [0.5, 0.6) is 11.5 Å². The first-order chi connectivity index (χ1) is 16.9. The Hall–Kier alpha value is -3.65. The lowest BCUT2D eigenvalue weighted by atomic mass is 9.90. The van der Waals surface area contributed by atoms with Gasteiger partial charge >= 0.3 is 0 Å². The average Bonchev–Trinajstić information content (AvgIpc) is 3.48. The smallest absolute Gasteiger partial charge is 0.261 e. The molecular formula is C27H26N2O5S. The zero-order valence-corrected chi connectivity index (χ0v) is 20.7. The number of methoxy groups -OCH3 is 2. The van der Waals surface area contributed by atoms with Crippen molar-refractivity contribution in [3.63, 3.8) is 0 Å². The van der Waals surface area contributed by atoms with Gasteiger partial charge in [0.15, 0.2) is 11.5 Å². The number of nitrogens with zero attached hydrogens (tertiary/aromatic N) is 2. The number of fused-ring (bicyclic) bond motifs is 2. The van der Waals surface area contributed by atoms with Gasteiger partial charge < -0.3 is 14.4 Å². The number of thiophene rings is 1. The van der Waals surface area contributed by atoms with Crippen LogP contribution in [0.25, 0.3) is 0 Å². The highest BCUT2D eigenvalue weighted by Gasteiger charge is 2.37. The highest BCUT2D eigenvalue weighted by atomic mass is 32.1. The van der Waals surface area contributed by atoms with Gasteiger partial charge in [-0.15, -0.1) is 11.3 Å². The molecule has 1 atom stereocenters. The van der Waals surface area contributed by atoms with Crippen LogP contribution in [0, 0.1) is 6.92 Å². The van der Waals surface area contributed by atoms with E-state index < -0.39 is 0 Å². The second-order valence-corrected chi connectivity index (χ2v) is 9.70. The standard InChI is InChI=1S/C27H26N2O5S/c1-16-6-7-18-20(13-16)27(32)29(26(18)31)11-9-24(30)28-10-8-17-14-21(33-2)22(34-3)15-19(17)25(28)23-5-4-12-35-23/h4-7,12-15,25H,8-11H2,1-3H3. The van der Waals surface area contributed by atoms with Crippen LogP contribution in [-0.2, 0) is 11.2 Å². The number of hydrogen-bond donors (Lipinski definition) is 0. The fourth-order valence-corrected chi connectivity index (χ4v) is 5.78. The van der Waals surface area contributed by atoms with E-state index in [9.17, 15) is 14.4 Å². The molecule has 180 valence electrons. The molecule has 0 saturated carbocycles.